The van der Waals surface area contributed by atoms with Crippen molar-refractivity contribution in [1.29, 1.82) is 0 Å². The average molecular weight is 433 g/mol. The molecule has 6 heteroatoms. The van der Waals surface area contributed by atoms with Gasteiger partial charge in [0.15, 0.2) is 5.78 Å². The maximum Gasteiger partial charge on any atom is 0.227 e. The largest absolute Gasteiger partial charge is 0.372 e. The molecule has 1 fully saturated rings. The third-order valence-corrected chi connectivity index (χ3v) is 5.67. The Labute approximate surface area is 187 Å². The number of carbonyl (C=O) groups excluding carboxylic acids is 1. The van der Waals surface area contributed by atoms with Crippen molar-refractivity contribution in [3.05, 3.63) is 78.0 Å². The van der Waals surface area contributed by atoms with Crippen molar-refractivity contribution in [1.82, 2.24) is 9.97 Å². The maximum absolute atomic E-state index is 11.7. The van der Waals surface area contributed by atoms with Crippen molar-refractivity contribution in [2.75, 3.05) is 23.3 Å². The second-order valence-corrected chi connectivity index (χ2v) is 8.06. The molecule has 1 saturated heterocycles. The van der Waals surface area contributed by atoms with Gasteiger partial charge in [0.2, 0.25) is 5.95 Å². The van der Waals surface area contributed by atoms with Gasteiger partial charge in [-0.25, -0.2) is 9.97 Å². The molecule has 0 unspecified atom stereocenters. The molecule has 4 rings (SSSR count). The van der Waals surface area contributed by atoms with E-state index in [9.17, 15) is 4.79 Å². The molecule has 1 aromatic heterocycles. The molecule has 0 atom stereocenters. The summed E-state index contributed by atoms with van der Waals surface area (Å²) in [5.41, 5.74) is 4.51. The fraction of sp³-hybridized carbons (Fsp3) is 0.240. The van der Waals surface area contributed by atoms with E-state index in [4.69, 9.17) is 11.6 Å². The Balaban J connectivity index is 1.52. The Hall–Kier alpha value is -3.18. The average Bonchev–Trinajstić information content (AvgIpc) is 2.81. The highest BCUT2D eigenvalue weighted by atomic mass is 35.5. The van der Waals surface area contributed by atoms with Crippen molar-refractivity contribution < 1.29 is 4.79 Å². The van der Waals surface area contributed by atoms with Crippen LogP contribution < -0.4 is 10.2 Å². The van der Waals surface area contributed by atoms with Gasteiger partial charge in [-0.1, -0.05) is 36.4 Å². The number of nitrogens with zero attached hydrogens (tertiary/aromatic N) is 3. The van der Waals surface area contributed by atoms with Crippen LogP contribution in [0.1, 0.15) is 24.8 Å². The van der Waals surface area contributed by atoms with Crippen molar-refractivity contribution in [2.45, 2.75) is 25.7 Å². The van der Waals surface area contributed by atoms with Gasteiger partial charge >= 0.3 is 0 Å². The SMILES string of the molecule is C=CC(=O)Cc1cccc(-c2nc(Nc3ccc(N4CCCCC4)cc3)ncc2Cl)c1. The van der Waals surface area contributed by atoms with Crippen molar-refractivity contribution >= 4 is 34.7 Å². The van der Waals surface area contributed by atoms with Crippen LogP contribution >= 0.6 is 11.6 Å². The number of halogens is 1. The van der Waals surface area contributed by atoms with Gasteiger partial charge in [-0.3, -0.25) is 4.79 Å². The molecular formula is C25H25ClN4O. The molecule has 0 amide bonds. The molecule has 0 bridgehead atoms. The number of carbonyl (C=O) groups is 1. The lowest BCUT2D eigenvalue weighted by Gasteiger charge is -2.28. The monoisotopic (exact) mass is 432 g/mol. The van der Waals surface area contributed by atoms with Gasteiger partial charge in [-0.2, -0.15) is 0 Å². The van der Waals surface area contributed by atoms with Gasteiger partial charge in [0.25, 0.3) is 0 Å². The summed E-state index contributed by atoms with van der Waals surface area (Å²) in [7, 11) is 0. The van der Waals surface area contributed by atoms with E-state index in [1.807, 2.05) is 36.4 Å². The lowest BCUT2D eigenvalue weighted by molar-refractivity contribution is -0.114. The Morgan fingerprint density at radius 3 is 2.65 bits per heavy atom. The number of rotatable bonds is 7. The van der Waals surface area contributed by atoms with Crippen LogP contribution in [0.4, 0.5) is 17.3 Å². The van der Waals surface area contributed by atoms with Crippen molar-refractivity contribution in [3.63, 3.8) is 0 Å². The molecular weight excluding hydrogens is 408 g/mol. The highest BCUT2D eigenvalue weighted by molar-refractivity contribution is 6.32. The molecule has 0 spiro atoms. The smallest absolute Gasteiger partial charge is 0.227 e. The van der Waals surface area contributed by atoms with Crippen LogP contribution in [-0.2, 0) is 11.2 Å². The predicted octanol–water partition coefficient (Wildman–Crippen LogP) is 5.83. The predicted molar refractivity (Wildman–Crippen MR) is 127 cm³/mol. The molecule has 3 aromatic rings. The number of hydrogen-bond donors (Lipinski definition) is 1. The minimum atomic E-state index is -0.0266. The van der Waals surface area contributed by atoms with Crippen molar-refractivity contribution in [3.8, 4) is 11.3 Å². The number of aromatic nitrogens is 2. The normalized spacial score (nSPS) is 13.6. The first kappa shape index (κ1) is 21.1. The zero-order chi connectivity index (χ0) is 21.6. The van der Waals surface area contributed by atoms with Crippen LogP contribution in [0.5, 0.6) is 0 Å². The van der Waals surface area contributed by atoms with E-state index in [1.54, 1.807) is 6.20 Å². The molecule has 1 N–H and O–H groups in total. The van der Waals surface area contributed by atoms with Crippen LogP contribution in [0, 0.1) is 0 Å². The van der Waals surface area contributed by atoms with Gasteiger partial charge in [-0.15, -0.1) is 0 Å². The fourth-order valence-electron chi connectivity index (χ4n) is 3.77. The van der Waals surface area contributed by atoms with E-state index < -0.39 is 0 Å². The minimum absolute atomic E-state index is 0.0266. The molecule has 1 aliphatic heterocycles. The van der Waals surface area contributed by atoms with E-state index >= 15 is 0 Å². The van der Waals surface area contributed by atoms with Gasteiger partial charge in [0.1, 0.15) is 0 Å². The van der Waals surface area contributed by atoms with E-state index in [0.29, 0.717) is 23.1 Å². The summed E-state index contributed by atoms with van der Waals surface area (Å²) in [5.74, 6) is 0.444. The molecule has 5 nitrogen and oxygen atoms in total. The lowest BCUT2D eigenvalue weighted by atomic mass is 10.0. The van der Waals surface area contributed by atoms with Crippen LogP contribution in [-0.4, -0.2) is 28.8 Å². The molecule has 0 saturated carbocycles. The zero-order valence-corrected chi connectivity index (χ0v) is 18.1. The molecule has 158 valence electrons. The number of nitrogens with one attached hydrogen (secondary N) is 1. The van der Waals surface area contributed by atoms with E-state index in [-0.39, 0.29) is 5.78 Å². The quantitative estimate of drug-likeness (QED) is 0.476. The van der Waals surface area contributed by atoms with Gasteiger partial charge in [0.05, 0.1) is 16.9 Å². The molecule has 0 aliphatic carbocycles. The van der Waals surface area contributed by atoms with E-state index in [2.05, 4.69) is 38.9 Å². The molecule has 2 aromatic carbocycles. The summed E-state index contributed by atoms with van der Waals surface area (Å²) in [6, 6.07) is 16.0. The Morgan fingerprint density at radius 1 is 1.13 bits per heavy atom. The van der Waals surface area contributed by atoms with E-state index in [0.717, 1.165) is 29.9 Å². The summed E-state index contributed by atoms with van der Waals surface area (Å²) in [6.45, 7) is 5.77. The molecule has 2 heterocycles. The first-order chi connectivity index (χ1) is 15.1. The number of allylic oxidation sites excluding steroid dienone is 1. The van der Waals surface area contributed by atoms with Gasteiger partial charge in [0, 0.05) is 36.4 Å². The van der Waals surface area contributed by atoms with E-state index in [1.165, 1.54) is 31.0 Å². The summed E-state index contributed by atoms with van der Waals surface area (Å²) in [4.78, 5) is 23.1. The van der Waals surface area contributed by atoms with Crippen LogP contribution in [0.15, 0.2) is 67.4 Å². The first-order valence-electron chi connectivity index (χ1n) is 10.5. The van der Waals surface area contributed by atoms with Gasteiger partial charge < -0.3 is 10.2 Å². The Kier molecular flexibility index (Phi) is 6.63. The summed E-state index contributed by atoms with van der Waals surface area (Å²) < 4.78 is 0. The summed E-state index contributed by atoms with van der Waals surface area (Å²) >= 11 is 6.38. The highest BCUT2D eigenvalue weighted by Crippen LogP contribution is 2.28. The number of hydrogen-bond acceptors (Lipinski definition) is 5. The summed E-state index contributed by atoms with van der Waals surface area (Å²) in [6.07, 6.45) is 7.06. The molecule has 0 radical (unpaired) electrons. The molecule has 1 aliphatic rings. The fourth-order valence-corrected chi connectivity index (χ4v) is 3.97. The topological polar surface area (TPSA) is 58.1 Å². The van der Waals surface area contributed by atoms with Crippen LogP contribution in [0.25, 0.3) is 11.3 Å². The number of benzene rings is 2. The first-order valence-corrected chi connectivity index (χ1v) is 10.9. The number of piperidine rings is 1. The van der Waals surface area contributed by atoms with Crippen LogP contribution in [0.2, 0.25) is 5.02 Å². The minimum Gasteiger partial charge on any atom is -0.372 e. The third-order valence-electron chi connectivity index (χ3n) is 5.40. The summed E-state index contributed by atoms with van der Waals surface area (Å²) in [5, 5.41) is 3.72. The standard InChI is InChI=1S/C25H25ClN4O/c1-2-22(31)16-18-7-6-8-19(15-18)24-23(26)17-27-25(29-24)28-20-9-11-21(12-10-20)30-13-4-3-5-14-30/h2,6-12,15,17H,1,3-5,13-14,16H2,(H,27,28,29). The zero-order valence-electron chi connectivity index (χ0n) is 17.4. The molecule has 31 heavy (non-hydrogen) atoms. The second-order valence-electron chi connectivity index (χ2n) is 7.66. The Morgan fingerprint density at radius 2 is 1.90 bits per heavy atom. The second kappa shape index (κ2) is 9.75. The van der Waals surface area contributed by atoms with Crippen molar-refractivity contribution in [2.24, 2.45) is 0 Å². The lowest BCUT2D eigenvalue weighted by Crippen LogP contribution is -2.29. The van der Waals surface area contributed by atoms with Gasteiger partial charge in [-0.05, 0) is 61.2 Å². The highest BCUT2D eigenvalue weighted by Gasteiger charge is 2.12. The Bertz CT molecular complexity index is 1080. The number of anilines is 3. The maximum atomic E-state index is 11.7. The third kappa shape index (κ3) is 5.30. The van der Waals surface area contributed by atoms with Crippen LogP contribution in [0.3, 0.4) is 0 Å². The number of ketones is 1.